The zero-order chi connectivity index (χ0) is 16.8. The molecule has 0 amide bonds. The number of anilines is 1. The van der Waals surface area contributed by atoms with Crippen molar-refractivity contribution in [2.75, 3.05) is 5.43 Å². The second-order valence-electron chi connectivity index (χ2n) is 4.59. The van der Waals surface area contributed by atoms with Crippen LogP contribution in [-0.2, 0) is 0 Å². The standard InChI is InChI=1S/C16H12N4O3S/c21-20(22)15-9-8-13(23-15)7-4-10-17-19-16-18-14(11-24-16)12-5-2-1-3-6-12/h1-11H,(H,18,19)/b7-4+,17-10-. The molecule has 0 unspecified atom stereocenters. The third kappa shape index (κ3) is 3.93. The molecule has 120 valence electrons. The van der Waals surface area contributed by atoms with Gasteiger partial charge in [0.1, 0.15) is 10.7 Å². The molecule has 0 bridgehead atoms. The van der Waals surface area contributed by atoms with Gasteiger partial charge < -0.3 is 4.42 Å². The topological polar surface area (TPSA) is 93.6 Å². The summed E-state index contributed by atoms with van der Waals surface area (Å²) in [4.78, 5) is 14.3. The van der Waals surface area contributed by atoms with Crippen LogP contribution in [-0.4, -0.2) is 16.1 Å². The van der Waals surface area contributed by atoms with E-state index in [-0.39, 0.29) is 5.88 Å². The van der Waals surface area contributed by atoms with Crippen LogP contribution < -0.4 is 5.43 Å². The van der Waals surface area contributed by atoms with Crippen LogP contribution >= 0.6 is 11.3 Å². The molecule has 24 heavy (non-hydrogen) atoms. The van der Waals surface area contributed by atoms with E-state index in [0.29, 0.717) is 10.9 Å². The third-order valence-corrected chi connectivity index (χ3v) is 3.69. The van der Waals surface area contributed by atoms with Gasteiger partial charge in [-0.25, -0.2) is 4.98 Å². The Balaban J connectivity index is 1.55. The molecule has 0 saturated heterocycles. The first-order chi connectivity index (χ1) is 11.7. The molecule has 0 atom stereocenters. The number of nitrogens with zero attached hydrogens (tertiary/aromatic N) is 3. The Morgan fingerprint density at radius 1 is 1.25 bits per heavy atom. The van der Waals surface area contributed by atoms with Crippen molar-refractivity contribution in [3.8, 4) is 11.3 Å². The maximum Gasteiger partial charge on any atom is 0.433 e. The highest BCUT2D eigenvalue weighted by Gasteiger charge is 2.09. The highest BCUT2D eigenvalue weighted by Crippen LogP contribution is 2.24. The first-order valence-electron chi connectivity index (χ1n) is 6.93. The van der Waals surface area contributed by atoms with E-state index in [2.05, 4.69) is 15.5 Å². The van der Waals surface area contributed by atoms with Crippen LogP contribution in [0.2, 0.25) is 0 Å². The molecule has 3 aromatic rings. The van der Waals surface area contributed by atoms with Crippen molar-refractivity contribution in [2.45, 2.75) is 0 Å². The molecule has 0 aliphatic rings. The maximum atomic E-state index is 10.5. The predicted molar refractivity (Wildman–Crippen MR) is 94.1 cm³/mol. The van der Waals surface area contributed by atoms with Gasteiger partial charge in [-0.15, -0.1) is 11.3 Å². The Hall–Kier alpha value is -3.26. The molecule has 0 aliphatic carbocycles. The first kappa shape index (κ1) is 15.6. The molecular weight excluding hydrogens is 328 g/mol. The molecule has 3 rings (SSSR count). The minimum Gasteiger partial charge on any atom is -0.401 e. The summed E-state index contributed by atoms with van der Waals surface area (Å²) in [5.41, 5.74) is 4.76. The number of allylic oxidation sites excluding steroid dienone is 1. The number of aromatic nitrogens is 1. The molecule has 1 N–H and O–H groups in total. The Kier molecular flexibility index (Phi) is 4.78. The summed E-state index contributed by atoms with van der Waals surface area (Å²) in [5.74, 6) is 0.0923. The summed E-state index contributed by atoms with van der Waals surface area (Å²) < 4.78 is 4.98. The third-order valence-electron chi connectivity index (χ3n) is 2.95. The summed E-state index contributed by atoms with van der Waals surface area (Å²) in [5, 5.41) is 17.1. The molecule has 0 aliphatic heterocycles. The van der Waals surface area contributed by atoms with Crippen molar-refractivity contribution < 1.29 is 9.34 Å². The number of rotatable bonds is 6. The van der Waals surface area contributed by atoms with Crippen LogP contribution in [0.25, 0.3) is 17.3 Å². The van der Waals surface area contributed by atoms with E-state index in [4.69, 9.17) is 4.42 Å². The average Bonchev–Trinajstić information content (AvgIpc) is 3.25. The predicted octanol–water partition coefficient (Wildman–Crippen LogP) is 4.42. The lowest BCUT2D eigenvalue weighted by Crippen LogP contribution is -1.87. The van der Waals surface area contributed by atoms with Crippen molar-refractivity contribution in [1.29, 1.82) is 0 Å². The normalized spacial score (nSPS) is 11.3. The zero-order valence-corrected chi connectivity index (χ0v) is 13.1. The highest BCUT2D eigenvalue weighted by molar-refractivity contribution is 7.14. The molecule has 8 heteroatoms. The Bertz CT molecular complexity index is 884. The second-order valence-corrected chi connectivity index (χ2v) is 5.44. The van der Waals surface area contributed by atoms with Gasteiger partial charge in [0, 0.05) is 17.2 Å². The van der Waals surface area contributed by atoms with Gasteiger partial charge in [-0.2, -0.15) is 5.10 Å². The molecule has 0 saturated carbocycles. The van der Waals surface area contributed by atoms with E-state index in [1.54, 1.807) is 12.2 Å². The fourth-order valence-electron chi connectivity index (χ4n) is 1.87. The van der Waals surface area contributed by atoms with Gasteiger partial charge in [-0.1, -0.05) is 30.3 Å². The van der Waals surface area contributed by atoms with E-state index in [0.717, 1.165) is 11.3 Å². The van der Waals surface area contributed by atoms with Gasteiger partial charge in [0.05, 0.1) is 11.8 Å². The van der Waals surface area contributed by atoms with Crippen molar-refractivity contribution >= 4 is 34.6 Å². The van der Waals surface area contributed by atoms with E-state index in [9.17, 15) is 10.1 Å². The van der Waals surface area contributed by atoms with Gasteiger partial charge in [0.15, 0.2) is 0 Å². The van der Waals surface area contributed by atoms with Crippen LogP contribution in [0.5, 0.6) is 0 Å². The summed E-state index contributed by atoms with van der Waals surface area (Å²) >= 11 is 1.45. The van der Waals surface area contributed by atoms with Gasteiger partial charge in [-0.3, -0.25) is 15.5 Å². The number of hydrogen-bond acceptors (Lipinski definition) is 7. The molecule has 2 aromatic heterocycles. The summed E-state index contributed by atoms with van der Waals surface area (Å²) in [6.45, 7) is 0. The zero-order valence-electron chi connectivity index (χ0n) is 12.3. The average molecular weight is 340 g/mol. The lowest BCUT2D eigenvalue weighted by molar-refractivity contribution is -0.402. The van der Waals surface area contributed by atoms with E-state index in [1.807, 2.05) is 35.7 Å². The summed E-state index contributed by atoms with van der Waals surface area (Å²) in [6.07, 6.45) is 4.70. The number of thiazole rings is 1. The molecular formula is C16H12N4O3S. The highest BCUT2D eigenvalue weighted by atomic mass is 32.1. The second kappa shape index (κ2) is 7.34. The summed E-state index contributed by atoms with van der Waals surface area (Å²) in [7, 11) is 0. The number of nitro groups is 1. The lowest BCUT2D eigenvalue weighted by Gasteiger charge is -1.94. The SMILES string of the molecule is O=[N+]([O-])c1ccc(/C=C/C=N\Nc2nc(-c3ccccc3)cs2)o1. The molecule has 0 radical (unpaired) electrons. The molecule has 1 aromatic carbocycles. The Morgan fingerprint density at radius 3 is 2.83 bits per heavy atom. The van der Waals surface area contributed by atoms with E-state index < -0.39 is 4.92 Å². The van der Waals surface area contributed by atoms with E-state index >= 15 is 0 Å². The molecule has 2 heterocycles. The fourth-order valence-corrected chi connectivity index (χ4v) is 2.54. The van der Waals surface area contributed by atoms with Crippen LogP contribution in [0, 0.1) is 10.1 Å². The first-order valence-corrected chi connectivity index (χ1v) is 7.81. The maximum absolute atomic E-state index is 10.5. The number of hydrazone groups is 1. The van der Waals surface area contributed by atoms with Gasteiger partial charge in [0.2, 0.25) is 5.13 Å². The van der Waals surface area contributed by atoms with Crippen LogP contribution in [0.3, 0.4) is 0 Å². The van der Waals surface area contributed by atoms with E-state index in [1.165, 1.54) is 29.7 Å². The van der Waals surface area contributed by atoms with Gasteiger partial charge in [0.25, 0.3) is 0 Å². The molecule has 0 fully saturated rings. The number of nitrogens with one attached hydrogen (secondary N) is 1. The Labute approximate surface area is 141 Å². The van der Waals surface area contributed by atoms with Gasteiger partial charge >= 0.3 is 5.88 Å². The van der Waals surface area contributed by atoms with Crippen molar-refractivity contribution in [1.82, 2.24) is 4.98 Å². The van der Waals surface area contributed by atoms with Crippen molar-refractivity contribution in [3.05, 3.63) is 69.8 Å². The molecule has 7 nitrogen and oxygen atoms in total. The van der Waals surface area contributed by atoms with Crippen molar-refractivity contribution in [2.24, 2.45) is 5.10 Å². The van der Waals surface area contributed by atoms with Gasteiger partial charge in [-0.05, 0) is 18.2 Å². The quantitative estimate of drug-likeness (QED) is 0.407. The number of hydrogen-bond donors (Lipinski definition) is 1. The van der Waals surface area contributed by atoms with Crippen molar-refractivity contribution in [3.63, 3.8) is 0 Å². The lowest BCUT2D eigenvalue weighted by atomic mass is 10.2. The smallest absolute Gasteiger partial charge is 0.401 e. The molecule has 0 spiro atoms. The minimum atomic E-state index is -0.584. The fraction of sp³-hybridized carbons (Fsp3) is 0. The Morgan fingerprint density at radius 2 is 2.08 bits per heavy atom. The number of benzene rings is 1. The van der Waals surface area contributed by atoms with Crippen LogP contribution in [0.15, 0.2) is 63.4 Å². The largest absolute Gasteiger partial charge is 0.433 e. The number of furan rings is 1. The minimum absolute atomic E-state index is 0.291. The summed E-state index contributed by atoms with van der Waals surface area (Å²) in [6, 6.07) is 12.7. The monoisotopic (exact) mass is 340 g/mol. The van der Waals surface area contributed by atoms with Crippen LogP contribution in [0.1, 0.15) is 5.76 Å². The van der Waals surface area contributed by atoms with Crippen LogP contribution in [0.4, 0.5) is 11.0 Å².